The molecule has 2 heterocycles. The zero-order chi connectivity index (χ0) is 9.97. The maximum Gasteiger partial charge on any atom is 1.00 e. The Hall–Kier alpha value is 0.195. The molecule has 0 saturated heterocycles. The molecule has 0 N–H and O–H groups in total. The SMILES string of the molecule is COc1c[c-]sc1-c1s[c-]cc1OC.[Li+].[Li+]. The minimum absolute atomic E-state index is 0. The van der Waals surface area contributed by atoms with Crippen LogP contribution in [0.15, 0.2) is 12.1 Å². The van der Waals surface area contributed by atoms with E-state index in [2.05, 4.69) is 10.8 Å². The number of rotatable bonds is 3. The van der Waals surface area contributed by atoms with Gasteiger partial charge < -0.3 is 32.1 Å². The molecule has 2 aromatic rings. The van der Waals surface area contributed by atoms with Crippen molar-refractivity contribution >= 4 is 22.7 Å². The van der Waals surface area contributed by atoms with Crippen LogP contribution in [0.2, 0.25) is 0 Å². The molecule has 2 nitrogen and oxygen atoms in total. The topological polar surface area (TPSA) is 18.5 Å². The van der Waals surface area contributed by atoms with Crippen LogP contribution in [-0.2, 0) is 0 Å². The second kappa shape index (κ2) is 7.51. The van der Waals surface area contributed by atoms with Gasteiger partial charge in [0.15, 0.2) is 0 Å². The summed E-state index contributed by atoms with van der Waals surface area (Å²) in [4.78, 5) is 2.10. The van der Waals surface area contributed by atoms with E-state index in [0.717, 1.165) is 21.3 Å². The van der Waals surface area contributed by atoms with Crippen molar-refractivity contribution in [3.63, 3.8) is 0 Å². The molecule has 6 heteroatoms. The van der Waals surface area contributed by atoms with Gasteiger partial charge >= 0.3 is 37.7 Å². The molecule has 0 radical (unpaired) electrons. The van der Waals surface area contributed by atoms with E-state index in [-0.39, 0.29) is 37.7 Å². The van der Waals surface area contributed by atoms with Crippen LogP contribution in [-0.4, -0.2) is 14.2 Å². The van der Waals surface area contributed by atoms with E-state index in [0.29, 0.717) is 0 Å². The number of hydrogen-bond donors (Lipinski definition) is 0. The van der Waals surface area contributed by atoms with Crippen molar-refractivity contribution in [2.45, 2.75) is 0 Å². The Labute approximate surface area is 127 Å². The zero-order valence-corrected chi connectivity index (χ0v) is 11.4. The van der Waals surface area contributed by atoms with Gasteiger partial charge in [-0.2, -0.15) is 0 Å². The van der Waals surface area contributed by atoms with Crippen LogP contribution in [0.3, 0.4) is 0 Å². The Morgan fingerprint density at radius 1 is 0.875 bits per heavy atom. The van der Waals surface area contributed by atoms with Crippen LogP contribution in [0.5, 0.6) is 11.5 Å². The quantitative estimate of drug-likeness (QED) is 0.422. The van der Waals surface area contributed by atoms with Gasteiger partial charge in [0, 0.05) is 0 Å². The number of ether oxygens (including phenoxy) is 2. The van der Waals surface area contributed by atoms with Gasteiger partial charge in [0.2, 0.25) is 0 Å². The third kappa shape index (κ3) is 3.11. The molecule has 0 saturated carbocycles. The molecule has 2 rings (SSSR count). The molecule has 0 aliphatic heterocycles. The molecular weight excluding hydrogens is 230 g/mol. The van der Waals surface area contributed by atoms with Crippen molar-refractivity contribution in [1.29, 1.82) is 0 Å². The fraction of sp³-hybridized carbons (Fsp3) is 0.200. The molecule has 0 unspecified atom stereocenters. The van der Waals surface area contributed by atoms with Crippen molar-refractivity contribution in [3.05, 3.63) is 22.9 Å². The van der Waals surface area contributed by atoms with E-state index in [4.69, 9.17) is 9.47 Å². The second-order valence-corrected chi connectivity index (χ2v) is 4.22. The first-order chi connectivity index (χ1) is 6.86. The smallest absolute Gasteiger partial charge is 0.565 e. The summed E-state index contributed by atoms with van der Waals surface area (Å²) in [6.45, 7) is 0. The first-order valence-corrected chi connectivity index (χ1v) is 5.58. The van der Waals surface area contributed by atoms with Gasteiger partial charge in [-0.05, 0) is 11.5 Å². The Morgan fingerprint density at radius 3 is 1.56 bits per heavy atom. The van der Waals surface area contributed by atoms with Gasteiger partial charge in [0.25, 0.3) is 0 Å². The summed E-state index contributed by atoms with van der Waals surface area (Å²) in [5.74, 6) is 1.67. The molecule has 0 bridgehead atoms. The predicted molar refractivity (Wildman–Crippen MR) is 58.4 cm³/mol. The summed E-state index contributed by atoms with van der Waals surface area (Å²) in [5, 5.41) is 6.09. The molecule has 0 aliphatic rings. The summed E-state index contributed by atoms with van der Waals surface area (Å²) in [5.41, 5.74) is 0. The van der Waals surface area contributed by atoms with Crippen LogP contribution >= 0.6 is 22.7 Å². The van der Waals surface area contributed by atoms with E-state index in [1.807, 2.05) is 12.1 Å². The summed E-state index contributed by atoms with van der Waals surface area (Å²) in [6, 6.07) is 3.66. The molecule has 0 aromatic carbocycles. The Morgan fingerprint density at radius 2 is 1.25 bits per heavy atom. The van der Waals surface area contributed by atoms with Gasteiger partial charge in [0.05, 0.1) is 14.2 Å². The third-order valence-corrected chi connectivity index (χ3v) is 3.62. The minimum atomic E-state index is 0. The standard InChI is InChI=1S/C10H8O2S2.2Li/c1-11-7-3-5-13-9(7)10-8(12-2)4-6-14-10;;/h3-4H,1-2H3;;/q-2;2*+1. The fourth-order valence-electron chi connectivity index (χ4n) is 1.14. The van der Waals surface area contributed by atoms with Crippen molar-refractivity contribution in [1.82, 2.24) is 0 Å². The molecule has 0 aliphatic carbocycles. The summed E-state index contributed by atoms with van der Waals surface area (Å²) in [6.07, 6.45) is 0. The second-order valence-electron chi connectivity index (χ2n) is 2.52. The van der Waals surface area contributed by atoms with E-state index in [1.54, 1.807) is 14.2 Å². The van der Waals surface area contributed by atoms with E-state index >= 15 is 0 Å². The van der Waals surface area contributed by atoms with Gasteiger partial charge in [-0.25, -0.2) is 0 Å². The van der Waals surface area contributed by atoms with E-state index in [9.17, 15) is 0 Å². The Kier molecular flexibility index (Phi) is 7.60. The Bertz CT molecular complexity index is 386. The first kappa shape index (κ1) is 16.2. The van der Waals surface area contributed by atoms with Crippen LogP contribution in [0.1, 0.15) is 0 Å². The molecule has 74 valence electrons. The molecule has 0 fully saturated rings. The monoisotopic (exact) mass is 238 g/mol. The number of hydrogen-bond acceptors (Lipinski definition) is 4. The van der Waals surface area contributed by atoms with Crippen molar-refractivity contribution in [3.8, 4) is 21.3 Å². The third-order valence-electron chi connectivity index (χ3n) is 1.80. The van der Waals surface area contributed by atoms with Crippen LogP contribution in [0.4, 0.5) is 0 Å². The fourth-order valence-corrected chi connectivity index (χ4v) is 2.83. The Balaban J connectivity index is 0.00000112. The minimum Gasteiger partial charge on any atom is -0.565 e. The zero-order valence-electron chi connectivity index (χ0n) is 9.79. The van der Waals surface area contributed by atoms with Gasteiger partial charge in [-0.1, -0.05) is 0 Å². The molecule has 16 heavy (non-hydrogen) atoms. The first-order valence-electron chi connectivity index (χ1n) is 3.95. The van der Waals surface area contributed by atoms with Gasteiger partial charge in [-0.3, -0.25) is 0 Å². The summed E-state index contributed by atoms with van der Waals surface area (Å²) >= 11 is 3.04. The normalized spacial score (nSPS) is 8.88. The average molecular weight is 238 g/mol. The van der Waals surface area contributed by atoms with Crippen molar-refractivity contribution in [2.24, 2.45) is 0 Å². The van der Waals surface area contributed by atoms with Crippen LogP contribution in [0.25, 0.3) is 9.75 Å². The molecule has 0 atom stereocenters. The van der Waals surface area contributed by atoms with Crippen molar-refractivity contribution < 1.29 is 47.2 Å². The van der Waals surface area contributed by atoms with Crippen LogP contribution in [0, 0.1) is 10.8 Å². The van der Waals surface area contributed by atoms with Crippen LogP contribution < -0.4 is 47.2 Å². The van der Waals surface area contributed by atoms with E-state index in [1.165, 1.54) is 22.7 Å². The summed E-state index contributed by atoms with van der Waals surface area (Å²) in [7, 11) is 3.31. The average Bonchev–Trinajstić information content (AvgIpc) is 2.85. The number of thiophene rings is 2. The largest absolute Gasteiger partial charge is 1.00 e. The molecular formula is C10H8Li2O2S2. The van der Waals surface area contributed by atoms with Gasteiger partial charge in [-0.15, -0.1) is 32.6 Å². The predicted octanol–water partition coefficient (Wildman–Crippen LogP) is -2.90. The summed E-state index contributed by atoms with van der Waals surface area (Å²) < 4.78 is 10.5. The van der Waals surface area contributed by atoms with Crippen molar-refractivity contribution in [2.75, 3.05) is 14.2 Å². The maximum absolute atomic E-state index is 5.23. The molecule has 0 spiro atoms. The van der Waals surface area contributed by atoms with Gasteiger partial charge in [0.1, 0.15) is 0 Å². The van der Waals surface area contributed by atoms with E-state index < -0.39 is 0 Å². The maximum atomic E-state index is 5.23. The number of methoxy groups -OCH3 is 2. The molecule has 0 amide bonds. The molecule has 2 aromatic heterocycles.